The van der Waals surface area contributed by atoms with Crippen LogP contribution in [0.15, 0.2) is 72.3 Å². The van der Waals surface area contributed by atoms with Gasteiger partial charge in [-0.2, -0.15) is 4.31 Å². The summed E-state index contributed by atoms with van der Waals surface area (Å²) in [5.74, 6) is 0.409. The van der Waals surface area contributed by atoms with Gasteiger partial charge in [0.1, 0.15) is 18.2 Å². The lowest BCUT2D eigenvalue weighted by atomic mass is 10.2. The second kappa shape index (κ2) is 8.14. The molecule has 1 atom stereocenters. The van der Waals surface area contributed by atoms with Crippen LogP contribution in [0, 0.1) is 0 Å². The van der Waals surface area contributed by atoms with E-state index in [0.29, 0.717) is 31.7 Å². The van der Waals surface area contributed by atoms with Gasteiger partial charge >= 0.3 is 0 Å². The monoisotopic (exact) mass is 411 g/mol. The molecule has 0 aliphatic carbocycles. The lowest BCUT2D eigenvalue weighted by Crippen LogP contribution is -2.45. The number of amides is 1. The summed E-state index contributed by atoms with van der Waals surface area (Å²) in [6.45, 7) is 0.633. The van der Waals surface area contributed by atoms with Gasteiger partial charge in [-0.05, 0) is 42.7 Å². The molecule has 0 bridgehead atoms. The van der Waals surface area contributed by atoms with Crippen molar-refractivity contribution in [2.45, 2.75) is 30.3 Å². The minimum absolute atomic E-state index is 0.207. The molecule has 1 unspecified atom stereocenters. The Bertz CT molecular complexity index is 1080. The van der Waals surface area contributed by atoms with E-state index in [4.69, 9.17) is 0 Å². The molecular weight excluding hydrogens is 390 g/mol. The van der Waals surface area contributed by atoms with Gasteiger partial charge in [-0.3, -0.25) is 9.36 Å². The van der Waals surface area contributed by atoms with E-state index in [1.165, 1.54) is 4.31 Å². The molecule has 1 amide bonds. The van der Waals surface area contributed by atoms with Crippen molar-refractivity contribution in [1.82, 2.24) is 24.2 Å². The van der Waals surface area contributed by atoms with Gasteiger partial charge in [-0.25, -0.2) is 18.4 Å². The first-order chi connectivity index (χ1) is 14.1. The number of imidazole rings is 1. The molecule has 3 heterocycles. The Hall–Kier alpha value is -3.04. The zero-order valence-electron chi connectivity index (χ0n) is 15.7. The molecular formula is C20H21N5O3S. The lowest BCUT2D eigenvalue weighted by molar-refractivity contribution is -0.124. The molecule has 3 aromatic rings. The van der Waals surface area contributed by atoms with Gasteiger partial charge < -0.3 is 5.32 Å². The van der Waals surface area contributed by atoms with Crippen LogP contribution < -0.4 is 5.32 Å². The molecule has 1 aromatic carbocycles. The molecule has 0 saturated carbocycles. The Morgan fingerprint density at radius 1 is 1.17 bits per heavy atom. The minimum Gasteiger partial charge on any atom is -0.351 e. The first kappa shape index (κ1) is 19.3. The first-order valence-corrected chi connectivity index (χ1v) is 10.8. The van der Waals surface area contributed by atoms with Gasteiger partial charge in [-0.15, -0.1) is 0 Å². The molecule has 0 spiro atoms. The molecule has 2 aromatic heterocycles. The highest BCUT2D eigenvalue weighted by molar-refractivity contribution is 7.89. The van der Waals surface area contributed by atoms with Crippen LogP contribution >= 0.6 is 0 Å². The van der Waals surface area contributed by atoms with Crippen LogP contribution in [0.1, 0.15) is 18.4 Å². The fraction of sp³-hybridized carbons (Fsp3) is 0.250. The second-order valence-corrected chi connectivity index (χ2v) is 8.69. The normalized spacial score (nSPS) is 17.3. The smallest absolute Gasteiger partial charge is 0.243 e. The SMILES string of the molecule is O=C(NCc1ccnc(-n2ccnc2)c1)C1CCCN1S(=O)(=O)c1ccccc1. The van der Waals surface area contributed by atoms with Crippen molar-refractivity contribution >= 4 is 15.9 Å². The maximum Gasteiger partial charge on any atom is 0.243 e. The Kier molecular flexibility index (Phi) is 5.41. The largest absolute Gasteiger partial charge is 0.351 e. The summed E-state index contributed by atoms with van der Waals surface area (Å²) in [4.78, 5) is 21.3. The van der Waals surface area contributed by atoms with Crippen molar-refractivity contribution < 1.29 is 13.2 Å². The molecule has 0 radical (unpaired) electrons. The zero-order chi connectivity index (χ0) is 20.3. The summed E-state index contributed by atoms with van der Waals surface area (Å²) in [6, 6.07) is 11.2. The minimum atomic E-state index is -3.70. The summed E-state index contributed by atoms with van der Waals surface area (Å²) in [5, 5.41) is 2.87. The van der Waals surface area contributed by atoms with E-state index >= 15 is 0 Å². The molecule has 29 heavy (non-hydrogen) atoms. The van der Waals surface area contributed by atoms with Gasteiger partial charge in [0.25, 0.3) is 0 Å². The number of aromatic nitrogens is 3. The van der Waals surface area contributed by atoms with E-state index in [-0.39, 0.29) is 10.8 Å². The van der Waals surface area contributed by atoms with E-state index in [9.17, 15) is 13.2 Å². The van der Waals surface area contributed by atoms with Crippen LogP contribution in [0.4, 0.5) is 0 Å². The number of benzene rings is 1. The van der Waals surface area contributed by atoms with Gasteiger partial charge in [0, 0.05) is 31.7 Å². The lowest BCUT2D eigenvalue weighted by Gasteiger charge is -2.23. The standard InChI is InChI=1S/C20H21N5O3S/c26-20(23-14-16-8-9-22-19(13-16)24-12-10-21-15-24)18-7-4-11-25(18)29(27,28)17-5-2-1-3-6-17/h1-3,5-6,8-10,12-13,15,18H,4,7,11,14H2,(H,23,26). The Morgan fingerprint density at radius 3 is 2.76 bits per heavy atom. The number of rotatable bonds is 6. The quantitative estimate of drug-likeness (QED) is 0.666. The van der Waals surface area contributed by atoms with Gasteiger partial charge in [0.2, 0.25) is 15.9 Å². The van der Waals surface area contributed by atoms with Crippen LogP contribution in [0.25, 0.3) is 5.82 Å². The Balaban J connectivity index is 1.45. The topological polar surface area (TPSA) is 97.2 Å². The summed E-state index contributed by atoms with van der Waals surface area (Å²) in [5.41, 5.74) is 0.868. The van der Waals surface area contributed by atoms with E-state index in [0.717, 1.165) is 5.56 Å². The Labute approximate surface area is 169 Å². The zero-order valence-corrected chi connectivity index (χ0v) is 16.5. The molecule has 4 rings (SSSR count). The number of carbonyl (C=O) groups is 1. The number of hydrogen-bond acceptors (Lipinski definition) is 5. The van der Waals surface area contributed by atoms with E-state index in [1.54, 1.807) is 59.8 Å². The maximum absolute atomic E-state index is 12.9. The summed E-state index contributed by atoms with van der Waals surface area (Å²) >= 11 is 0. The average molecular weight is 411 g/mol. The summed E-state index contributed by atoms with van der Waals surface area (Å²) in [6.07, 6.45) is 7.93. The fourth-order valence-electron chi connectivity index (χ4n) is 3.43. The first-order valence-electron chi connectivity index (χ1n) is 9.33. The number of sulfonamides is 1. The van der Waals surface area contributed by atoms with Gasteiger partial charge in [0.15, 0.2) is 0 Å². The molecule has 1 N–H and O–H groups in total. The third kappa shape index (κ3) is 4.06. The van der Waals surface area contributed by atoms with Gasteiger partial charge in [0.05, 0.1) is 4.90 Å². The Morgan fingerprint density at radius 2 is 2.00 bits per heavy atom. The van der Waals surface area contributed by atoms with Crippen LogP contribution in [-0.4, -0.2) is 45.8 Å². The van der Waals surface area contributed by atoms with Crippen molar-refractivity contribution in [1.29, 1.82) is 0 Å². The third-order valence-electron chi connectivity index (χ3n) is 4.90. The number of carbonyl (C=O) groups excluding carboxylic acids is 1. The molecule has 1 aliphatic rings. The molecule has 1 aliphatic heterocycles. The van der Waals surface area contributed by atoms with E-state index in [2.05, 4.69) is 15.3 Å². The van der Waals surface area contributed by atoms with Crippen LogP contribution in [0.3, 0.4) is 0 Å². The fourth-order valence-corrected chi connectivity index (χ4v) is 5.11. The van der Waals surface area contributed by atoms with Crippen LogP contribution in [0.5, 0.6) is 0 Å². The number of nitrogens with zero attached hydrogens (tertiary/aromatic N) is 4. The molecule has 9 heteroatoms. The summed E-state index contributed by atoms with van der Waals surface area (Å²) in [7, 11) is -3.70. The number of pyridine rings is 1. The van der Waals surface area contributed by atoms with Crippen molar-refractivity contribution in [3.63, 3.8) is 0 Å². The molecule has 150 valence electrons. The number of nitrogens with one attached hydrogen (secondary N) is 1. The number of hydrogen-bond donors (Lipinski definition) is 1. The predicted octanol–water partition coefficient (Wildman–Crippen LogP) is 1.74. The van der Waals surface area contributed by atoms with Crippen molar-refractivity contribution in [2.75, 3.05) is 6.54 Å². The van der Waals surface area contributed by atoms with Crippen LogP contribution in [0.2, 0.25) is 0 Å². The van der Waals surface area contributed by atoms with Crippen molar-refractivity contribution in [3.05, 3.63) is 72.9 Å². The summed E-state index contributed by atoms with van der Waals surface area (Å²) < 4.78 is 28.9. The highest BCUT2D eigenvalue weighted by Crippen LogP contribution is 2.26. The predicted molar refractivity (Wildman–Crippen MR) is 107 cm³/mol. The van der Waals surface area contributed by atoms with E-state index in [1.807, 2.05) is 12.1 Å². The van der Waals surface area contributed by atoms with E-state index < -0.39 is 16.1 Å². The van der Waals surface area contributed by atoms with Crippen LogP contribution in [-0.2, 0) is 21.4 Å². The van der Waals surface area contributed by atoms with Crippen molar-refractivity contribution in [2.24, 2.45) is 0 Å². The van der Waals surface area contributed by atoms with Crippen molar-refractivity contribution in [3.8, 4) is 5.82 Å². The second-order valence-electron chi connectivity index (χ2n) is 6.80. The van der Waals surface area contributed by atoms with Gasteiger partial charge in [-0.1, -0.05) is 18.2 Å². The molecule has 1 fully saturated rings. The molecule has 8 nitrogen and oxygen atoms in total. The highest BCUT2D eigenvalue weighted by Gasteiger charge is 2.39. The highest BCUT2D eigenvalue weighted by atomic mass is 32.2. The average Bonchev–Trinajstić information content (AvgIpc) is 3.45. The third-order valence-corrected chi connectivity index (χ3v) is 6.82. The molecule has 1 saturated heterocycles. The maximum atomic E-state index is 12.9.